The first-order valence-electron chi connectivity index (χ1n) is 1.41. The minimum absolute atomic E-state index is 0.708. The van der Waals surface area contributed by atoms with Gasteiger partial charge in [0.1, 0.15) is 0 Å². The maximum atomic E-state index is 4.97. The van der Waals surface area contributed by atoms with Crippen LogP contribution in [0.4, 0.5) is 0 Å². The van der Waals surface area contributed by atoms with E-state index in [9.17, 15) is 0 Å². The number of hydrogen-bond acceptors (Lipinski definition) is 1. The molecule has 5 N–H and O–H groups in total. The molecule has 0 radical (unpaired) electrons. The van der Waals surface area contributed by atoms with Crippen LogP contribution in [0.5, 0.6) is 0 Å². The van der Waals surface area contributed by atoms with Crippen LogP contribution in [-0.4, -0.2) is 13.1 Å². The summed E-state index contributed by atoms with van der Waals surface area (Å²) in [6, 6.07) is 0. The topological polar surface area (TPSA) is 53.7 Å². The minimum Gasteiger partial charge on any atom is -0.357 e. The molecule has 0 aromatic heterocycles. The van der Waals surface area contributed by atoms with Crippen molar-refractivity contribution in [2.24, 2.45) is 5.73 Å². The summed E-state index contributed by atoms with van der Waals surface area (Å²) < 4.78 is 0. The molecule has 0 aliphatic rings. The molecule has 0 saturated heterocycles. The molecule has 0 aliphatic heterocycles. The average molecular weight is 61.1 g/mol. The van der Waals surface area contributed by atoms with Crippen molar-refractivity contribution in [3.8, 4) is 0 Å². The van der Waals surface area contributed by atoms with Crippen LogP contribution in [0.3, 0.4) is 0 Å². The number of nitrogens with two attached hydrogens (primary N) is 1. The van der Waals surface area contributed by atoms with E-state index in [-0.39, 0.29) is 0 Å². The van der Waals surface area contributed by atoms with Crippen LogP contribution in [0.1, 0.15) is 0 Å². The lowest BCUT2D eigenvalue weighted by Gasteiger charge is -1.68. The molecular formula is C2H9N2+. The molecule has 0 saturated carbocycles. The molecule has 0 aliphatic carbocycles. The summed E-state index contributed by atoms with van der Waals surface area (Å²) in [6.07, 6.45) is 0. The van der Waals surface area contributed by atoms with Gasteiger partial charge in [-0.15, -0.1) is 0 Å². The van der Waals surface area contributed by atoms with Crippen LogP contribution in [0.25, 0.3) is 0 Å². The van der Waals surface area contributed by atoms with Crippen LogP contribution in [0, 0.1) is 0 Å². The van der Waals surface area contributed by atoms with Gasteiger partial charge in [0.2, 0.25) is 0 Å². The van der Waals surface area contributed by atoms with E-state index in [1.54, 1.807) is 0 Å². The highest BCUT2D eigenvalue weighted by molar-refractivity contribution is 4.15. The Labute approximate surface area is 25.8 Å². The largest absolute Gasteiger partial charge is 0.357 e. The smallest absolute Gasteiger partial charge is 0.0864 e. The van der Waals surface area contributed by atoms with Crippen LogP contribution in [-0.2, 0) is 0 Å². The maximum absolute atomic E-state index is 4.97. The number of rotatable bonds is 1. The molecule has 4 heavy (non-hydrogen) atoms. The SMILES string of the molecule is NCC[NH3+]. The van der Waals surface area contributed by atoms with E-state index < -0.39 is 0 Å². The quantitative estimate of drug-likeness (QED) is 0.369. The molecule has 0 atom stereocenters. The Balaban J connectivity index is 1.97. The lowest BCUT2D eigenvalue weighted by atomic mass is 10.7. The molecule has 0 amide bonds. The van der Waals surface area contributed by atoms with Crippen molar-refractivity contribution in [1.29, 1.82) is 0 Å². The van der Waals surface area contributed by atoms with E-state index in [1.807, 2.05) is 0 Å². The fourth-order valence-corrected chi connectivity index (χ4v) is 0. The first-order chi connectivity index (χ1) is 1.91. The van der Waals surface area contributed by atoms with Gasteiger partial charge in [-0.05, 0) is 0 Å². The number of quaternary nitrogens is 1. The van der Waals surface area contributed by atoms with Crippen LogP contribution >= 0.6 is 0 Å². The van der Waals surface area contributed by atoms with Crippen molar-refractivity contribution in [3.63, 3.8) is 0 Å². The Morgan fingerprint density at radius 3 is 2.00 bits per heavy atom. The molecule has 0 heterocycles. The maximum Gasteiger partial charge on any atom is 0.0864 e. The van der Waals surface area contributed by atoms with Gasteiger partial charge in [-0.1, -0.05) is 0 Å². The van der Waals surface area contributed by atoms with Gasteiger partial charge in [0, 0.05) is 6.54 Å². The van der Waals surface area contributed by atoms with Crippen molar-refractivity contribution in [2.75, 3.05) is 13.1 Å². The molecule has 0 bridgehead atoms. The molecule has 2 nitrogen and oxygen atoms in total. The van der Waals surface area contributed by atoms with Crippen LogP contribution in [0.15, 0.2) is 0 Å². The van der Waals surface area contributed by atoms with Crippen LogP contribution in [0.2, 0.25) is 0 Å². The highest BCUT2D eigenvalue weighted by Crippen LogP contribution is 1.19. The summed E-state index contributed by atoms with van der Waals surface area (Å²) in [5.41, 5.74) is 8.44. The molecule has 0 rings (SSSR count). The Kier molecular flexibility index (Phi) is 2.86. The average Bonchev–Trinajstić information content (AvgIpc) is 1.37. The second-order valence-electron chi connectivity index (χ2n) is 0.642. The lowest BCUT2D eigenvalue weighted by Crippen LogP contribution is -2.53. The van der Waals surface area contributed by atoms with Gasteiger partial charge in [-0.25, -0.2) is 0 Å². The van der Waals surface area contributed by atoms with Gasteiger partial charge < -0.3 is 11.5 Å². The molecular weight excluding hydrogens is 52.0 g/mol. The second-order valence-corrected chi connectivity index (χ2v) is 0.642. The van der Waals surface area contributed by atoms with Gasteiger partial charge in [-0.2, -0.15) is 0 Å². The minimum atomic E-state index is 0.708. The standard InChI is InChI=1S/C2H8N2/c3-1-2-4/h1-4H2/p+1. The van der Waals surface area contributed by atoms with Gasteiger partial charge >= 0.3 is 0 Å². The predicted octanol–water partition coefficient (Wildman–Crippen LogP) is -1.81. The van der Waals surface area contributed by atoms with E-state index in [1.165, 1.54) is 0 Å². The molecule has 0 aromatic rings. The predicted molar refractivity (Wildman–Crippen MR) is 16.8 cm³/mol. The molecule has 26 valence electrons. The zero-order valence-electron chi connectivity index (χ0n) is 2.70. The van der Waals surface area contributed by atoms with E-state index in [0.717, 1.165) is 6.54 Å². The Morgan fingerprint density at radius 2 is 2.00 bits per heavy atom. The zero-order valence-corrected chi connectivity index (χ0v) is 2.70. The normalized spacial score (nSPS) is 7.50. The van der Waals surface area contributed by atoms with E-state index in [4.69, 9.17) is 5.73 Å². The highest BCUT2D eigenvalue weighted by Gasteiger charge is 1.59. The molecule has 0 fully saturated rings. The summed E-state index contributed by atoms with van der Waals surface area (Å²) in [7, 11) is 0. The molecule has 0 unspecified atom stereocenters. The summed E-state index contributed by atoms with van der Waals surface area (Å²) in [4.78, 5) is 0. The third-order valence-electron chi connectivity index (χ3n) is 0.204. The van der Waals surface area contributed by atoms with Crippen LogP contribution < -0.4 is 11.5 Å². The second kappa shape index (κ2) is 2.92. The summed E-state index contributed by atoms with van der Waals surface area (Å²) in [5.74, 6) is 0. The van der Waals surface area contributed by atoms with Crippen molar-refractivity contribution in [2.45, 2.75) is 0 Å². The Bertz CT molecular complexity index is 6.00. The molecule has 0 spiro atoms. The lowest BCUT2D eigenvalue weighted by molar-refractivity contribution is -0.363. The van der Waals surface area contributed by atoms with Crippen molar-refractivity contribution < 1.29 is 5.73 Å². The van der Waals surface area contributed by atoms with E-state index in [2.05, 4.69) is 5.73 Å². The fraction of sp³-hybridized carbons (Fsp3) is 1.00. The van der Waals surface area contributed by atoms with Crippen molar-refractivity contribution in [1.82, 2.24) is 0 Å². The first-order valence-corrected chi connectivity index (χ1v) is 1.41. The summed E-state index contributed by atoms with van der Waals surface area (Å²) >= 11 is 0. The van der Waals surface area contributed by atoms with Crippen molar-refractivity contribution in [3.05, 3.63) is 0 Å². The summed E-state index contributed by atoms with van der Waals surface area (Å²) in [6.45, 7) is 1.56. The first kappa shape index (κ1) is 3.92. The zero-order chi connectivity index (χ0) is 3.41. The molecule has 2 heteroatoms. The highest BCUT2D eigenvalue weighted by atomic mass is 14.6. The fourth-order valence-electron chi connectivity index (χ4n) is 0. The van der Waals surface area contributed by atoms with E-state index >= 15 is 0 Å². The molecule has 0 aromatic carbocycles. The third-order valence-corrected chi connectivity index (χ3v) is 0.204. The summed E-state index contributed by atoms with van der Waals surface area (Å²) in [5, 5.41) is 0. The van der Waals surface area contributed by atoms with Gasteiger partial charge in [0.25, 0.3) is 0 Å². The van der Waals surface area contributed by atoms with E-state index in [0.29, 0.717) is 6.54 Å². The third kappa shape index (κ3) is 1.92. The Hall–Kier alpha value is -0.0800. The number of hydrogen-bond donors (Lipinski definition) is 2. The van der Waals surface area contributed by atoms with Gasteiger partial charge in [0.15, 0.2) is 0 Å². The van der Waals surface area contributed by atoms with Gasteiger partial charge in [0.05, 0.1) is 6.54 Å². The Morgan fingerprint density at radius 1 is 1.75 bits per heavy atom. The van der Waals surface area contributed by atoms with Crippen molar-refractivity contribution >= 4 is 0 Å². The van der Waals surface area contributed by atoms with Gasteiger partial charge in [-0.3, -0.25) is 0 Å². The monoisotopic (exact) mass is 61.1 g/mol.